The van der Waals surface area contributed by atoms with E-state index in [1.165, 1.54) is 0 Å². The minimum atomic E-state index is -0.487. The molecule has 2 amide bonds. The summed E-state index contributed by atoms with van der Waals surface area (Å²) in [4.78, 5) is 25.9. The van der Waals surface area contributed by atoms with Crippen LogP contribution in [0, 0.1) is 0 Å². The van der Waals surface area contributed by atoms with Crippen LogP contribution in [0.4, 0.5) is 4.79 Å². The summed E-state index contributed by atoms with van der Waals surface area (Å²) in [6.07, 6.45) is 2.15. The Balaban J connectivity index is 0.00000288. The van der Waals surface area contributed by atoms with Crippen LogP contribution in [0.5, 0.6) is 0 Å². The highest BCUT2D eigenvalue weighted by Crippen LogP contribution is 2.16. The Kier molecular flexibility index (Phi) is 7.48. The predicted molar refractivity (Wildman–Crippen MR) is 92.7 cm³/mol. The van der Waals surface area contributed by atoms with Gasteiger partial charge in [0.15, 0.2) is 0 Å². The minimum absolute atomic E-state index is 0. The van der Waals surface area contributed by atoms with Crippen LogP contribution in [-0.4, -0.2) is 65.4 Å². The summed E-state index contributed by atoms with van der Waals surface area (Å²) in [5.74, 6) is -0.00684. The van der Waals surface area contributed by atoms with Crippen molar-refractivity contribution in [3.05, 3.63) is 0 Å². The zero-order chi connectivity index (χ0) is 17.0. The second-order valence-electron chi connectivity index (χ2n) is 7.44. The fraction of sp³-hybridized carbons (Fsp3) is 0.882. The first kappa shape index (κ1) is 20.7. The van der Waals surface area contributed by atoms with Crippen LogP contribution in [0.3, 0.4) is 0 Å². The number of aliphatic hydroxyl groups excluding tert-OH is 1. The first-order valence-corrected chi connectivity index (χ1v) is 8.44. The average molecular weight is 343 g/mol. The van der Waals surface area contributed by atoms with Crippen LogP contribution in [0.25, 0.3) is 0 Å². The van der Waals surface area contributed by atoms with E-state index in [9.17, 15) is 14.7 Å². The molecule has 2 saturated heterocycles. The number of aliphatic hydroxyl groups is 1. The molecule has 0 aromatic carbocycles. The Bertz CT molecular complexity index is 420. The van der Waals surface area contributed by atoms with Crippen molar-refractivity contribution in [3.8, 4) is 0 Å². The van der Waals surface area contributed by atoms with Crippen molar-refractivity contribution in [1.82, 2.24) is 15.5 Å². The molecule has 0 bridgehead atoms. The third kappa shape index (κ3) is 6.28. The van der Waals surface area contributed by atoms with Crippen molar-refractivity contribution in [2.75, 3.05) is 19.6 Å². The highest BCUT2D eigenvalue weighted by Gasteiger charge is 2.30. The molecule has 7 nitrogen and oxygen atoms in total. The molecule has 2 aliphatic heterocycles. The molecule has 140 valence electrons. The number of hydrogen-bond acceptors (Lipinski definition) is 5. The lowest BCUT2D eigenvalue weighted by Crippen LogP contribution is -2.54. The highest BCUT2D eigenvalue weighted by atomic mass is 16.6. The molecular formula is C17H33N3O4. The zero-order valence-corrected chi connectivity index (χ0v) is 14.3. The number of hydrogen-bond donors (Lipinski definition) is 3. The first-order valence-electron chi connectivity index (χ1n) is 8.44. The largest absolute Gasteiger partial charge is 0.444 e. The van der Waals surface area contributed by atoms with Crippen LogP contribution < -0.4 is 10.6 Å². The maximum Gasteiger partial charge on any atom is 0.410 e. The van der Waals surface area contributed by atoms with E-state index in [1.54, 1.807) is 4.90 Å². The van der Waals surface area contributed by atoms with Crippen molar-refractivity contribution in [3.63, 3.8) is 0 Å². The molecule has 2 rings (SSSR count). The van der Waals surface area contributed by atoms with E-state index >= 15 is 0 Å². The summed E-state index contributed by atoms with van der Waals surface area (Å²) >= 11 is 0. The molecule has 0 radical (unpaired) electrons. The Labute approximate surface area is 145 Å². The number of rotatable bonds is 2. The van der Waals surface area contributed by atoms with Gasteiger partial charge in [-0.25, -0.2) is 4.79 Å². The highest BCUT2D eigenvalue weighted by molar-refractivity contribution is 5.82. The van der Waals surface area contributed by atoms with Gasteiger partial charge < -0.3 is 25.4 Å². The number of nitrogens with one attached hydrogen (secondary N) is 2. The number of ether oxygens (including phenoxy) is 1. The number of carbonyl (C=O) groups excluding carboxylic acids is 2. The first-order chi connectivity index (χ1) is 10.7. The van der Waals surface area contributed by atoms with Gasteiger partial charge in [-0.2, -0.15) is 0 Å². The summed E-state index contributed by atoms with van der Waals surface area (Å²) in [6.45, 7) is 7.21. The molecule has 2 atom stereocenters. The Morgan fingerprint density at radius 3 is 2.29 bits per heavy atom. The summed E-state index contributed by atoms with van der Waals surface area (Å²) in [5, 5.41) is 15.6. The molecule has 0 aliphatic carbocycles. The van der Waals surface area contributed by atoms with Crippen LogP contribution in [0.15, 0.2) is 0 Å². The van der Waals surface area contributed by atoms with Crippen LogP contribution >= 0.6 is 0 Å². The molecule has 0 saturated carbocycles. The maximum absolute atomic E-state index is 12.2. The smallest absolute Gasteiger partial charge is 0.410 e. The van der Waals surface area contributed by atoms with Gasteiger partial charge >= 0.3 is 6.09 Å². The van der Waals surface area contributed by atoms with Crippen molar-refractivity contribution < 1.29 is 19.4 Å². The van der Waals surface area contributed by atoms with Gasteiger partial charge in [0.1, 0.15) is 5.60 Å². The lowest BCUT2D eigenvalue weighted by Gasteiger charge is -2.34. The van der Waals surface area contributed by atoms with Crippen molar-refractivity contribution >= 4 is 12.0 Å². The fourth-order valence-electron chi connectivity index (χ4n) is 2.90. The van der Waals surface area contributed by atoms with Gasteiger partial charge in [-0.05, 0) is 46.5 Å². The number of amides is 2. The van der Waals surface area contributed by atoms with Gasteiger partial charge in [0, 0.05) is 25.7 Å². The molecule has 2 aliphatic rings. The lowest BCUT2D eigenvalue weighted by molar-refractivity contribution is -0.125. The molecule has 0 unspecified atom stereocenters. The fourth-order valence-corrected chi connectivity index (χ4v) is 2.90. The van der Waals surface area contributed by atoms with E-state index in [1.807, 2.05) is 20.8 Å². The van der Waals surface area contributed by atoms with Crippen molar-refractivity contribution in [2.45, 2.75) is 77.7 Å². The Morgan fingerprint density at radius 2 is 1.79 bits per heavy atom. The summed E-state index contributed by atoms with van der Waals surface area (Å²) < 4.78 is 5.36. The second kappa shape index (κ2) is 8.67. The number of nitrogens with zero attached hydrogens (tertiary/aromatic N) is 1. The monoisotopic (exact) mass is 343 g/mol. The summed E-state index contributed by atoms with van der Waals surface area (Å²) in [5.41, 5.74) is -0.487. The molecular weight excluding hydrogens is 310 g/mol. The second-order valence-corrected chi connectivity index (χ2v) is 7.44. The molecule has 2 fully saturated rings. The molecule has 0 aromatic rings. The molecule has 0 spiro atoms. The third-order valence-electron chi connectivity index (χ3n) is 4.20. The molecule has 3 N–H and O–H groups in total. The van der Waals surface area contributed by atoms with E-state index in [4.69, 9.17) is 4.74 Å². The molecule has 24 heavy (non-hydrogen) atoms. The van der Waals surface area contributed by atoms with Crippen LogP contribution in [0.2, 0.25) is 0 Å². The summed E-state index contributed by atoms with van der Waals surface area (Å²) in [6, 6.07) is -0.128. The number of carbonyl (C=O) groups is 2. The van der Waals surface area contributed by atoms with Gasteiger partial charge in [0.2, 0.25) is 5.91 Å². The quantitative estimate of drug-likeness (QED) is 0.702. The SMILES string of the molecule is C.CC(C)(C)OC(=O)N1CCC(NC(=O)[C@@H]2CC[C@H](O)CN2)CC1. The summed E-state index contributed by atoms with van der Waals surface area (Å²) in [7, 11) is 0. The Morgan fingerprint density at radius 1 is 1.17 bits per heavy atom. The number of likely N-dealkylation sites (tertiary alicyclic amines) is 1. The van der Waals surface area contributed by atoms with E-state index in [-0.39, 0.29) is 37.6 Å². The van der Waals surface area contributed by atoms with Gasteiger partial charge in [-0.1, -0.05) is 7.43 Å². The standard InChI is InChI=1S/C16H29N3O4.CH4/c1-16(2,3)23-15(22)19-8-6-11(7-9-19)18-14(21)13-5-4-12(20)10-17-13;/h11-13,17,20H,4-10H2,1-3H3,(H,18,21);1H4/t12-,13-;/m0./s1. The van der Waals surface area contributed by atoms with Gasteiger partial charge in [-0.3, -0.25) is 4.79 Å². The number of β-amino-alcohol motifs (C(OH)–C–C–N with tert-alkyl or cyclic N) is 1. The maximum atomic E-state index is 12.2. The van der Waals surface area contributed by atoms with Crippen LogP contribution in [0.1, 0.15) is 53.9 Å². The lowest BCUT2D eigenvalue weighted by atomic mass is 10.0. The van der Waals surface area contributed by atoms with E-state index in [0.717, 1.165) is 12.8 Å². The normalized spacial score (nSPS) is 25.6. The van der Waals surface area contributed by atoms with Crippen molar-refractivity contribution in [2.24, 2.45) is 0 Å². The Hall–Kier alpha value is -1.34. The van der Waals surface area contributed by atoms with E-state index in [2.05, 4.69) is 10.6 Å². The topological polar surface area (TPSA) is 90.9 Å². The minimum Gasteiger partial charge on any atom is -0.444 e. The molecule has 2 heterocycles. The van der Waals surface area contributed by atoms with Gasteiger partial charge in [-0.15, -0.1) is 0 Å². The predicted octanol–water partition coefficient (Wildman–Crippen LogP) is 1.25. The number of piperidine rings is 2. The van der Waals surface area contributed by atoms with Crippen molar-refractivity contribution in [1.29, 1.82) is 0 Å². The zero-order valence-electron chi connectivity index (χ0n) is 14.3. The van der Waals surface area contributed by atoms with Gasteiger partial charge in [0.05, 0.1) is 12.1 Å². The van der Waals surface area contributed by atoms with Crippen LogP contribution in [-0.2, 0) is 9.53 Å². The average Bonchev–Trinajstić information content (AvgIpc) is 2.46. The molecule has 0 aromatic heterocycles. The molecule has 7 heteroatoms. The van der Waals surface area contributed by atoms with E-state index in [0.29, 0.717) is 32.5 Å². The van der Waals surface area contributed by atoms with E-state index < -0.39 is 5.60 Å². The third-order valence-corrected chi connectivity index (χ3v) is 4.20. The van der Waals surface area contributed by atoms with Gasteiger partial charge in [0.25, 0.3) is 0 Å².